The van der Waals surface area contributed by atoms with Gasteiger partial charge in [-0.05, 0) is 17.7 Å². The highest BCUT2D eigenvalue weighted by atomic mass is 35.5. The van der Waals surface area contributed by atoms with Gasteiger partial charge in [-0.15, -0.1) is 11.3 Å². The molecule has 24 heavy (non-hydrogen) atoms. The quantitative estimate of drug-likeness (QED) is 0.727. The SMILES string of the molecule is O=C(COc1ccccn1)Nc1ncc(Cc2ccccc2Cl)s1. The maximum atomic E-state index is 11.9. The molecule has 3 aromatic rings. The summed E-state index contributed by atoms with van der Waals surface area (Å²) < 4.78 is 5.29. The van der Waals surface area contributed by atoms with Crippen LogP contribution in [-0.2, 0) is 11.2 Å². The second-order valence-corrected chi connectivity index (χ2v) is 6.43. The van der Waals surface area contributed by atoms with E-state index in [1.54, 1.807) is 30.6 Å². The molecule has 7 heteroatoms. The monoisotopic (exact) mass is 359 g/mol. The fourth-order valence-electron chi connectivity index (χ4n) is 2.00. The molecule has 0 saturated heterocycles. The number of pyridine rings is 1. The Morgan fingerprint density at radius 3 is 2.79 bits per heavy atom. The number of amides is 1. The average Bonchev–Trinajstić information content (AvgIpc) is 3.03. The van der Waals surface area contributed by atoms with Gasteiger partial charge in [-0.2, -0.15) is 0 Å². The van der Waals surface area contributed by atoms with E-state index in [0.717, 1.165) is 15.5 Å². The first kappa shape index (κ1) is 16.4. The molecule has 1 aromatic carbocycles. The van der Waals surface area contributed by atoms with Crippen LogP contribution in [0.3, 0.4) is 0 Å². The number of ether oxygens (including phenoxy) is 1. The Morgan fingerprint density at radius 1 is 1.17 bits per heavy atom. The molecule has 0 fully saturated rings. The van der Waals surface area contributed by atoms with Crippen molar-refractivity contribution in [3.63, 3.8) is 0 Å². The van der Waals surface area contributed by atoms with Crippen LogP contribution in [0.15, 0.2) is 54.9 Å². The lowest BCUT2D eigenvalue weighted by molar-refractivity contribution is -0.118. The third-order valence-electron chi connectivity index (χ3n) is 3.11. The molecular formula is C17H14ClN3O2S. The highest BCUT2D eigenvalue weighted by molar-refractivity contribution is 7.15. The van der Waals surface area contributed by atoms with E-state index >= 15 is 0 Å². The minimum absolute atomic E-state index is 0.115. The molecule has 2 aromatic heterocycles. The van der Waals surface area contributed by atoms with Crippen LogP contribution in [0.2, 0.25) is 5.02 Å². The number of anilines is 1. The first-order valence-electron chi connectivity index (χ1n) is 7.22. The average molecular weight is 360 g/mol. The Bertz CT molecular complexity index is 823. The largest absolute Gasteiger partial charge is 0.468 e. The van der Waals surface area contributed by atoms with Crippen molar-refractivity contribution in [2.45, 2.75) is 6.42 Å². The first-order chi connectivity index (χ1) is 11.7. The second-order valence-electron chi connectivity index (χ2n) is 4.90. The predicted octanol–water partition coefficient (Wildman–Crippen LogP) is 3.80. The Kier molecular flexibility index (Phi) is 5.40. The molecule has 3 rings (SSSR count). The molecule has 0 unspecified atom stereocenters. The molecular weight excluding hydrogens is 346 g/mol. The van der Waals surface area contributed by atoms with Gasteiger partial charge in [0, 0.05) is 34.8 Å². The molecule has 0 aliphatic carbocycles. The number of carbonyl (C=O) groups is 1. The molecule has 5 nitrogen and oxygen atoms in total. The summed E-state index contributed by atoms with van der Waals surface area (Å²) in [4.78, 5) is 21.1. The molecule has 0 aliphatic rings. The third kappa shape index (κ3) is 4.53. The van der Waals surface area contributed by atoms with Crippen molar-refractivity contribution in [3.05, 3.63) is 70.3 Å². The molecule has 0 radical (unpaired) electrons. The third-order valence-corrected chi connectivity index (χ3v) is 4.39. The van der Waals surface area contributed by atoms with E-state index in [-0.39, 0.29) is 12.5 Å². The van der Waals surface area contributed by atoms with E-state index in [9.17, 15) is 4.79 Å². The highest BCUT2D eigenvalue weighted by Crippen LogP contribution is 2.24. The van der Waals surface area contributed by atoms with Gasteiger partial charge in [-0.1, -0.05) is 35.9 Å². The van der Waals surface area contributed by atoms with Crippen LogP contribution in [0.25, 0.3) is 0 Å². The van der Waals surface area contributed by atoms with Crippen LogP contribution in [0.4, 0.5) is 5.13 Å². The smallest absolute Gasteiger partial charge is 0.264 e. The summed E-state index contributed by atoms with van der Waals surface area (Å²) in [5.41, 5.74) is 1.03. The number of benzene rings is 1. The molecule has 0 atom stereocenters. The summed E-state index contributed by atoms with van der Waals surface area (Å²) in [6.07, 6.45) is 4.02. The van der Waals surface area contributed by atoms with Gasteiger partial charge in [-0.25, -0.2) is 9.97 Å². The predicted molar refractivity (Wildman–Crippen MR) is 94.7 cm³/mol. The number of hydrogen-bond acceptors (Lipinski definition) is 5. The normalized spacial score (nSPS) is 10.4. The van der Waals surface area contributed by atoms with Crippen LogP contribution < -0.4 is 10.1 Å². The van der Waals surface area contributed by atoms with Gasteiger partial charge in [0.05, 0.1) is 0 Å². The van der Waals surface area contributed by atoms with Crippen LogP contribution in [0, 0.1) is 0 Å². The van der Waals surface area contributed by atoms with Gasteiger partial charge in [-0.3, -0.25) is 10.1 Å². The number of carbonyl (C=O) groups excluding carboxylic acids is 1. The Hall–Kier alpha value is -2.44. The van der Waals surface area contributed by atoms with Gasteiger partial charge in [0.15, 0.2) is 11.7 Å². The van der Waals surface area contributed by atoms with Crippen molar-refractivity contribution in [3.8, 4) is 5.88 Å². The van der Waals surface area contributed by atoms with Gasteiger partial charge < -0.3 is 4.74 Å². The summed E-state index contributed by atoms with van der Waals surface area (Å²) in [6, 6.07) is 12.9. The molecule has 122 valence electrons. The fourth-order valence-corrected chi connectivity index (χ4v) is 3.06. The number of hydrogen-bond donors (Lipinski definition) is 1. The lowest BCUT2D eigenvalue weighted by atomic mass is 10.1. The zero-order chi connectivity index (χ0) is 16.8. The number of halogens is 1. The van der Waals surface area contributed by atoms with Crippen molar-refractivity contribution in [2.75, 3.05) is 11.9 Å². The van der Waals surface area contributed by atoms with Gasteiger partial charge in [0.25, 0.3) is 5.91 Å². The van der Waals surface area contributed by atoms with Crippen molar-refractivity contribution >= 4 is 34.0 Å². The molecule has 1 N–H and O–H groups in total. The van der Waals surface area contributed by atoms with Crippen molar-refractivity contribution in [1.82, 2.24) is 9.97 Å². The van der Waals surface area contributed by atoms with Gasteiger partial charge >= 0.3 is 0 Å². The van der Waals surface area contributed by atoms with Gasteiger partial charge in [0.1, 0.15) is 0 Å². The van der Waals surface area contributed by atoms with E-state index in [1.807, 2.05) is 24.3 Å². The van der Waals surface area contributed by atoms with E-state index in [0.29, 0.717) is 17.4 Å². The first-order valence-corrected chi connectivity index (χ1v) is 8.42. The zero-order valence-corrected chi connectivity index (χ0v) is 14.2. The Balaban J connectivity index is 1.54. The molecule has 0 aliphatic heterocycles. The molecule has 2 heterocycles. The fraction of sp³-hybridized carbons (Fsp3) is 0.118. The summed E-state index contributed by atoms with van der Waals surface area (Å²) in [6.45, 7) is -0.115. The van der Waals surface area contributed by atoms with E-state index in [1.165, 1.54) is 11.3 Å². The molecule has 0 saturated carbocycles. The molecule has 0 bridgehead atoms. The van der Waals surface area contributed by atoms with E-state index in [2.05, 4.69) is 15.3 Å². The van der Waals surface area contributed by atoms with Crippen LogP contribution in [-0.4, -0.2) is 22.5 Å². The standard InChI is InChI=1S/C17H14ClN3O2S/c18-14-6-2-1-5-12(14)9-13-10-20-17(24-13)21-15(22)11-23-16-7-3-4-8-19-16/h1-8,10H,9,11H2,(H,20,21,22). The topological polar surface area (TPSA) is 64.1 Å². The summed E-state index contributed by atoms with van der Waals surface area (Å²) >= 11 is 7.57. The number of nitrogens with one attached hydrogen (secondary N) is 1. The van der Waals surface area contributed by atoms with Crippen LogP contribution >= 0.6 is 22.9 Å². The zero-order valence-electron chi connectivity index (χ0n) is 12.6. The van der Waals surface area contributed by atoms with Gasteiger partial charge in [0.2, 0.25) is 5.88 Å². The lowest BCUT2D eigenvalue weighted by Gasteiger charge is -2.04. The van der Waals surface area contributed by atoms with E-state index in [4.69, 9.17) is 16.3 Å². The lowest BCUT2D eigenvalue weighted by Crippen LogP contribution is -2.20. The maximum absolute atomic E-state index is 11.9. The molecule has 0 spiro atoms. The number of rotatable bonds is 6. The highest BCUT2D eigenvalue weighted by Gasteiger charge is 2.09. The van der Waals surface area contributed by atoms with Crippen molar-refractivity contribution < 1.29 is 9.53 Å². The van der Waals surface area contributed by atoms with Crippen molar-refractivity contribution in [1.29, 1.82) is 0 Å². The Labute approximate surface area is 148 Å². The summed E-state index contributed by atoms with van der Waals surface area (Å²) in [7, 11) is 0. The van der Waals surface area contributed by atoms with Crippen LogP contribution in [0.1, 0.15) is 10.4 Å². The number of thiazole rings is 1. The molecule has 1 amide bonds. The minimum atomic E-state index is -0.278. The van der Waals surface area contributed by atoms with E-state index < -0.39 is 0 Å². The van der Waals surface area contributed by atoms with Crippen molar-refractivity contribution in [2.24, 2.45) is 0 Å². The second kappa shape index (κ2) is 7.90. The van der Waals surface area contributed by atoms with Crippen LogP contribution in [0.5, 0.6) is 5.88 Å². The Morgan fingerprint density at radius 2 is 2.00 bits per heavy atom. The number of aromatic nitrogens is 2. The maximum Gasteiger partial charge on any atom is 0.264 e. The summed E-state index contributed by atoms with van der Waals surface area (Å²) in [5, 5.41) is 3.97. The summed E-state index contributed by atoms with van der Waals surface area (Å²) in [5.74, 6) is 0.130. The number of nitrogens with zero attached hydrogens (tertiary/aromatic N) is 2. The minimum Gasteiger partial charge on any atom is -0.468 e.